The monoisotopic (exact) mass is 468 g/mol. The van der Waals surface area contributed by atoms with E-state index in [0.717, 1.165) is 0 Å². The van der Waals surface area contributed by atoms with E-state index < -0.39 is 37.4 Å². The van der Waals surface area contributed by atoms with Gasteiger partial charge in [-0.2, -0.15) is 0 Å². The third kappa shape index (κ3) is 6.84. The van der Waals surface area contributed by atoms with Crippen molar-refractivity contribution in [3.63, 3.8) is 0 Å². The summed E-state index contributed by atoms with van der Waals surface area (Å²) in [5.74, 6) is 0.0623. The van der Waals surface area contributed by atoms with E-state index in [-0.39, 0.29) is 12.8 Å². The molecular formula is C20H25ClN4O7. The highest BCUT2D eigenvalue weighted by atomic mass is 35.5. The number of rotatable bonds is 9. The van der Waals surface area contributed by atoms with Crippen molar-refractivity contribution in [1.82, 2.24) is 15.1 Å². The van der Waals surface area contributed by atoms with Gasteiger partial charge in [-0.3, -0.25) is 4.79 Å². The van der Waals surface area contributed by atoms with Crippen LogP contribution >= 0.6 is 11.6 Å². The number of carboxylic acids is 1. The standard InChI is InChI=1S/C16H14ClN3O4.C4H11NO3/c1-9(16-18-5-2-6-19-16)23-14-8-13-10(7-11(14)17)12(20-24-13)3-4-15(21)22;5-4(1-6,2-7)3-8/h2,5-9H,3-4H2,1H3,(H,21,22);6-8H,1-3,5H2/t9-;/m1./s1. The van der Waals surface area contributed by atoms with E-state index in [0.29, 0.717) is 33.3 Å². The molecule has 11 nitrogen and oxygen atoms in total. The lowest BCUT2D eigenvalue weighted by Crippen LogP contribution is -2.50. The molecule has 0 aliphatic heterocycles. The second-order valence-corrected chi connectivity index (χ2v) is 7.41. The average Bonchev–Trinajstić information content (AvgIpc) is 3.19. The van der Waals surface area contributed by atoms with E-state index in [1.165, 1.54) is 0 Å². The fourth-order valence-electron chi connectivity index (χ4n) is 2.40. The molecule has 0 aliphatic rings. The summed E-state index contributed by atoms with van der Waals surface area (Å²) in [5.41, 5.74) is 4.98. The maximum absolute atomic E-state index is 10.7. The lowest BCUT2D eigenvalue weighted by atomic mass is 10.1. The van der Waals surface area contributed by atoms with Gasteiger partial charge in [0, 0.05) is 30.3 Å². The van der Waals surface area contributed by atoms with Gasteiger partial charge in [0.05, 0.1) is 42.5 Å². The molecule has 6 N–H and O–H groups in total. The number of carboxylic acid groups (broad SMARTS) is 1. The smallest absolute Gasteiger partial charge is 0.303 e. The summed E-state index contributed by atoms with van der Waals surface area (Å²) in [7, 11) is 0. The molecule has 0 aliphatic carbocycles. The van der Waals surface area contributed by atoms with E-state index in [1.807, 2.05) is 6.92 Å². The molecule has 0 unspecified atom stereocenters. The Morgan fingerprint density at radius 1 is 1.22 bits per heavy atom. The third-order valence-corrected chi connectivity index (χ3v) is 4.67. The fraction of sp³-hybridized carbons (Fsp3) is 0.400. The molecule has 2 heterocycles. The van der Waals surface area contributed by atoms with Crippen LogP contribution in [0, 0.1) is 0 Å². The van der Waals surface area contributed by atoms with Crippen molar-refractivity contribution in [3.05, 3.63) is 47.1 Å². The molecule has 174 valence electrons. The van der Waals surface area contributed by atoms with Gasteiger partial charge < -0.3 is 35.4 Å². The minimum absolute atomic E-state index is 0.0279. The number of hydrogen-bond donors (Lipinski definition) is 5. The number of ether oxygens (including phenoxy) is 1. The normalized spacial score (nSPS) is 12.2. The lowest BCUT2D eigenvalue weighted by molar-refractivity contribution is -0.136. The minimum atomic E-state index is -1.21. The van der Waals surface area contributed by atoms with Crippen molar-refractivity contribution in [1.29, 1.82) is 0 Å². The highest BCUT2D eigenvalue weighted by molar-refractivity contribution is 6.32. The van der Waals surface area contributed by atoms with Crippen LogP contribution in [0.25, 0.3) is 11.0 Å². The van der Waals surface area contributed by atoms with Crippen molar-refractivity contribution in [3.8, 4) is 5.75 Å². The molecule has 1 aromatic carbocycles. The van der Waals surface area contributed by atoms with Gasteiger partial charge in [0.2, 0.25) is 0 Å². The molecule has 0 saturated heterocycles. The van der Waals surface area contributed by atoms with Crippen molar-refractivity contribution < 1.29 is 34.5 Å². The van der Waals surface area contributed by atoms with Gasteiger partial charge >= 0.3 is 5.97 Å². The van der Waals surface area contributed by atoms with Gasteiger partial charge in [-0.1, -0.05) is 16.8 Å². The molecule has 32 heavy (non-hydrogen) atoms. The van der Waals surface area contributed by atoms with E-state index in [9.17, 15) is 4.79 Å². The first-order valence-corrected chi connectivity index (χ1v) is 9.95. The lowest BCUT2D eigenvalue weighted by Gasteiger charge is -2.20. The number of fused-ring (bicyclic) bond motifs is 1. The molecular weight excluding hydrogens is 444 g/mol. The van der Waals surface area contributed by atoms with Crippen LogP contribution in [0.4, 0.5) is 0 Å². The summed E-state index contributed by atoms with van der Waals surface area (Å²) in [4.78, 5) is 19.0. The van der Waals surface area contributed by atoms with Gasteiger partial charge in [-0.05, 0) is 19.1 Å². The number of aliphatic carboxylic acids is 1. The van der Waals surface area contributed by atoms with Crippen LogP contribution in [0.5, 0.6) is 5.75 Å². The molecule has 0 fully saturated rings. The Morgan fingerprint density at radius 3 is 2.38 bits per heavy atom. The summed E-state index contributed by atoms with van der Waals surface area (Å²) in [6.45, 7) is 0.606. The highest BCUT2D eigenvalue weighted by Gasteiger charge is 2.21. The number of carbonyl (C=O) groups is 1. The van der Waals surface area contributed by atoms with Crippen LogP contribution in [0.2, 0.25) is 5.02 Å². The fourth-order valence-corrected chi connectivity index (χ4v) is 2.61. The van der Waals surface area contributed by atoms with Gasteiger partial charge in [-0.15, -0.1) is 0 Å². The van der Waals surface area contributed by atoms with Gasteiger partial charge in [0.25, 0.3) is 0 Å². The first-order chi connectivity index (χ1) is 15.2. The first-order valence-electron chi connectivity index (χ1n) is 9.57. The number of hydrogen-bond acceptors (Lipinski definition) is 10. The molecule has 0 saturated carbocycles. The Balaban J connectivity index is 0.000000390. The zero-order chi connectivity index (χ0) is 23.7. The van der Waals surface area contributed by atoms with E-state index >= 15 is 0 Å². The quantitative estimate of drug-likeness (QED) is 0.302. The highest BCUT2D eigenvalue weighted by Crippen LogP contribution is 2.34. The zero-order valence-electron chi connectivity index (χ0n) is 17.3. The summed E-state index contributed by atoms with van der Waals surface area (Å²) < 4.78 is 11.1. The van der Waals surface area contributed by atoms with Gasteiger partial charge in [0.1, 0.15) is 5.75 Å². The maximum Gasteiger partial charge on any atom is 0.303 e. The van der Waals surface area contributed by atoms with Crippen LogP contribution in [0.1, 0.15) is 31.0 Å². The van der Waals surface area contributed by atoms with Gasteiger partial charge in [-0.25, -0.2) is 9.97 Å². The van der Waals surface area contributed by atoms with Crippen LogP contribution in [0.3, 0.4) is 0 Å². The second kappa shape index (κ2) is 11.7. The van der Waals surface area contributed by atoms with Crippen LogP contribution in [0.15, 0.2) is 35.1 Å². The van der Waals surface area contributed by atoms with Crippen LogP contribution in [-0.2, 0) is 11.2 Å². The molecule has 12 heteroatoms. The van der Waals surface area contributed by atoms with E-state index in [2.05, 4.69) is 15.1 Å². The van der Waals surface area contributed by atoms with Crippen molar-refractivity contribution in [2.24, 2.45) is 5.73 Å². The Morgan fingerprint density at radius 2 is 1.84 bits per heavy atom. The molecule has 2 aromatic heterocycles. The second-order valence-electron chi connectivity index (χ2n) is 7.01. The number of halogens is 1. The molecule has 0 spiro atoms. The Hall–Kier alpha value is -2.83. The average molecular weight is 469 g/mol. The zero-order valence-corrected chi connectivity index (χ0v) is 18.1. The molecule has 0 bridgehead atoms. The number of nitrogens with two attached hydrogens (primary N) is 1. The summed E-state index contributed by atoms with van der Waals surface area (Å²) in [6.07, 6.45) is 3.12. The third-order valence-electron chi connectivity index (χ3n) is 4.37. The number of benzene rings is 1. The number of aromatic nitrogens is 3. The predicted octanol–water partition coefficient (Wildman–Crippen LogP) is 1.09. The number of aliphatic hydroxyl groups is 3. The van der Waals surface area contributed by atoms with E-state index in [1.54, 1.807) is 30.6 Å². The minimum Gasteiger partial charge on any atom is -0.481 e. The van der Waals surface area contributed by atoms with Crippen LogP contribution in [-0.4, -0.2) is 66.9 Å². The summed E-state index contributed by atoms with van der Waals surface area (Å²) >= 11 is 6.27. The first kappa shape index (κ1) is 25.4. The number of aryl methyl sites for hydroxylation is 1. The summed E-state index contributed by atoms with van der Waals surface area (Å²) in [5, 5.41) is 38.8. The maximum atomic E-state index is 10.7. The van der Waals surface area contributed by atoms with Crippen molar-refractivity contribution in [2.45, 2.75) is 31.4 Å². The van der Waals surface area contributed by atoms with Crippen molar-refractivity contribution in [2.75, 3.05) is 19.8 Å². The largest absolute Gasteiger partial charge is 0.481 e. The molecule has 0 amide bonds. The Kier molecular flexibility index (Phi) is 9.29. The molecule has 0 radical (unpaired) electrons. The number of nitrogens with zero attached hydrogens (tertiary/aromatic N) is 3. The molecule has 3 aromatic rings. The topological polar surface area (TPSA) is 185 Å². The molecule has 3 rings (SSSR count). The van der Waals surface area contributed by atoms with Crippen molar-refractivity contribution >= 4 is 28.5 Å². The summed E-state index contributed by atoms with van der Waals surface area (Å²) in [6, 6.07) is 5.02. The van der Waals surface area contributed by atoms with Gasteiger partial charge in [0.15, 0.2) is 17.5 Å². The van der Waals surface area contributed by atoms with E-state index in [4.69, 9.17) is 47.0 Å². The predicted molar refractivity (Wildman–Crippen MR) is 114 cm³/mol. The SMILES string of the molecule is C[C@@H](Oc1cc2onc(CCC(=O)O)c2cc1Cl)c1ncccn1.NC(CO)(CO)CO. The Labute approximate surface area is 188 Å². The van der Waals surface area contributed by atoms with Crippen LogP contribution < -0.4 is 10.5 Å². The Bertz CT molecular complexity index is 1000. The molecule has 1 atom stereocenters. The number of aliphatic hydroxyl groups excluding tert-OH is 3.